The van der Waals surface area contributed by atoms with Crippen molar-refractivity contribution in [2.75, 3.05) is 19.2 Å². The molecule has 0 aromatic heterocycles. The average Bonchev–Trinajstić information content (AvgIpc) is 3.03. The van der Waals surface area contributed by atoms with Gasteiger partial charge in [0.1, 0.15) is 5.57 Å². The lowest BCUT2D eigenvalue weighted by Crippen LogP contribution is -2.35. The van der Waals surface area contributed by atoms with Crippen LogP contribution in [0.5, 0.6) is 11.5 Å². The molecular formula is C21H19BrN2O6. The van der Waals surface area contributed by atoms with Gasteiger partial charge in [-0.1, -0.05) is 34.1 Å². The lowest BCUT2D eigenvalue weighted by atomic mass is 10.1. The number of anilines is 1. The summed E-state index contributed by atoms with van der Waals surface area (Å²) >= 11 is 3.37. The first-order valence-electron chi connectivity index (χ1n) is 8.90. The van der Waals surface area contributed by atoms with E-state index in [1.54, 1.807) is 36.4 Å². The monoisotopic (exact) mass is 474 g/mol. The quantitative estimate of drug-likeness (QED) is 0.393. The van der Waals surface area contributed by atoms with Crippen LogP contribution in [0.3, 0.4) is 0 Å². The van der Waals surface area contributed by atoms with Gasteiger partial charge in [0.25, 0.3) is 11.8 Å². The largest absolute Gasteiger partial charge is 0.493 e. The topological polar surface area (TPSA) is 94.2 Å². The third-order valence-corrected chi connectivity index (χ3v) is 4.76. The van der Waals surface area contributed by atoms with Crippen molar-refractivity contribution >= 4 is 45.5 Å². The molecule has 0 unspecified atom stereocenters. The fraction of sp³-hybridized carbons (Fsp3) is 0.190. The average molecular weight is 475 g/mol. The summed E-state index contributed by atoms with van der Waals surface area (Å²) in [6, 6.07) is 12.0. The van der Waals surface area contributed by atoms with Crippen LogP contribution >= 0.6 is 15.9 Å². The van der Waals surface area contributed by atoms with Gasteiger partial charge in [0.15, 0.2) is 17.6 Å². The predicted molar refractivity (Wildman–Crippen MR) is 113 cm³/mol. The van der Waals surface area contributed by atoms with Gasteiger partial charge in [-0.05, 0) is 37.3 Å². The van der Waals surface area contributed by atoms with Crippen LogP contribution in [-0.2, 0) is 19.1 Å². The fourth-order valence-electron chi connectivity index (χ4n) is 2.84. The number of carbonyl (C=O) groups is 3. The summed E-state index contributed by atoms with van der Waals surface area (Å²) in [7, 11) is 2.70. The minimum absolute atomic E-state index is 0.0884. The van der Waals surface area contributed by atoms with Crippen molar-refractivity contribution in [1.29, 1.82) is 0 Å². The number of esters is 1. The highest BCUT2D eigenvalue weighted by Gasteiger charge is 2.35. The number of para-hydroxylation sites is 1. The number of methoxy groups -OCH3 is 2. The van der Waals surface area contributed by atoms with Gasteiger partial charge in [-0.25, -0.2) is 9.80 Å². The minimum Gasteiger partial charge on any atom is -0.493 e. The molecule has 0 radical (unpaired) electrons. The third kappa shape index (κ3) is 4.30. The number of hydrogen-bond donors (Lipinski definition) is 1. The van der Waals surface area contributed by atoms with E-state index in [1.807, 2.05) is 6.07 Å². The molecular weight excluding hydrogens is 456 g/mol. The first kappa shape index (κ1) is 21.4. The molecule has 1 aliphatic rings. The van der Waals surface area contributed by atoms with E-state index in [4.69, 9.17) is 14.2 Å². The smallest absolute Gasteiger partial charge is 0.346 e. The summed E-state index contributed by atoms with van der Waals surface area (Å²) in [4.78, 5) is 37.2. The zero-order chi connectivity index (χ0) is 21.8. The Kier molecular flexibility index (Phi) is 6.41. The number of amides is 2. The number of nitrogens with zero attached hydrogens (tertiary/aromatic N) is 1. The SMILES string of the molecule is COC(=O)[C@H](C)Oc1c(/C=C2\C(=O)NN(c3ccccc3)C2=O)cc(Br)cc1OC. The van der Waals surface area contributed by atoms with Gasteiger partial charge in [0.05, 0.1) is 19.9 Å². The first-order valence-corrected chi connectivity index (χ1v) is 9.69. The Morgan fingerprint density at radius 2 is 1.87 bits per heavy atom. The van der Waals surface area contributed by atoms with Crippen LogP contribution in [0, 0.1) is 0 Å². The van der Waals surface area contributed by atoms with Gasteiger partial charge in [0, 0.05) is 10.0 Å². The normalized spacial score (nSPS) is 15.7. The molecule has 30 heavy (non-hydrogen) atoms. The number of carbonyl (C=O) groups excluding carboxylic acids is 3. The summed E-state index contributed by atoms with van der Waals surface area (Å²) in [6.45, 7) is 1.52. The number of rotatable bonds is 6. The maximum Gasteiger partial charge on any atom is 0.346 e. The van der Waals surface area contributed by atoms with Gasteiger partial charge < -0.3 is 14.2 Å². The van der Waals surface area contributed by atoms with E-state index >= 15 is 0 Å². The Labute approximate surface area is 181 Å². The number of hydrogen-bond acceptors (Lipinski definition) is 6. The molecule has 2 aromatic rings. The Bertz CT molecular complexity index is 1020. The molecule has 1 fully saturated rings. The van der Waals surface area contributed by atoms with Crippen LogP contribution < -0.4 is 19.9 Å². The highest BCUT2D eigenvalue weighted by molar-refractivity contribution is 9.10. The molecule has 1 heterocycles. The van der Waals surface area contributed by atoms with Gasteiger partial charge in [-0.2, -0.15) is 0 Å². The van der Waals surface area contributed by atoms with Crippen molar-refractivity contribution in [3.63, 3.8) is 0 Å². The van der Waals surface area contributed by atoms with Crippen LogP contribution in [0.4, 0.5) is 5.69 Å². The number of hydrazine groups is 1. The van der Waals surface area contributed by atoms with E-state index in [2.05, 4.69) is 21.4 Å². The van der Waals surface area contributed by atoms with Crippen molar-refractivity contribution in [2.24, 2.45) is 0 Å². The van der Waals surface area contributed by atoms with Gasteiger partial charge in [-0.15, -0.1) is 0 Å². The van der Waals surface area contributed by atoms with Crippen molar-refractivity contribution < 1.29 is 28.6 Å². The maximum absolute atomic E-state index is 12.9. The zero-order valence-corrected chi connectivity index (χ0v) is 18.1. The Morgan fingerprint density at radius 1 is 1.17 bits per heavy atom. The Morgan fingerprint density at radius 3 is 2.50 bits per heavy atom. The summed E-state index contributed by atoms with van der Waals surface area (Å²) in [6.07, 6.45) is 0.462. The predicted octanol–water partition coefficient (Wildman–Crippen LogP) is 2.86. The number of ether oxygens (including phenoxy) is 3. The molecule has 1 N–H and O–H groups in total. The van der Waals surface area contributed by atoms with Crippen molar-refractivity contribution in [2.45, 2.75) is 13.0 Å². The van der Waals surface area contributed by atoms with Gasteiger partial charge in [0.2, 0.25) is 0 Å². The summed E-state index contributed by atoms with van der Waals surface area (Å²) in [5.74, 6) is -1.14. The Balaban J connectivity index is 2.03. The lowest BCUT2D eigenvalue weighted by molar-refractivity contribution is -0.148. The van der Waals surface area contributed by atoms with Gasteiger partial charge in [-0.3, -0.25) is 15.0 Å². The third-order valence-electron chi connectivity index (χ3n) is 4.30. The zero-order valence-electron chi connectivity index (χ0n) is 16.5. The van der Waals surface area contributed by atoms with Crippen LogP contribution in [0.15, 0.2) is 52.5 Å². The molecule has 9 heteroatoms. The molecule has 3 rings (SSSR count). The molecule has 0 saturated carbocycles. The second kappa shape index (κ2) is 9.00. The highest BCUT2D eigenvalue weighted by Crippen LogP contribution is 2.37. The number of nitrogens with one attached hydrogen (secondary N) is 1. The lowest BCUT2D eigenvalue weighted by Gasteiger charge is -2.18. The van der Waals surface area contributed by atoms with Crippen molar-refractivity contribution in [1.82, 2.24) is 5.43 Å². The molecule has 1 atom stereocenters. The first-order chi connectivity index (χ1) is 14.3. The van der Waals surface area contributed by atoms with Crippen LogP contribution in [0.1, 0.15) is 12.5 Å². The molecule has 8 nitrogen and oxygen atoms in total. The summed E-state index contributed by atoms with van der Waals surface area (Å²) < 4.78 is 16.4. The van der Waals surface area contributed by atoms with Crippen molar-refractivity contribution in [3.05, 3.63) is 58.1 Å². The molecule has 156 valence electrons. The van der Waals surface area contributed by atoms with Crippen LogP contribution in [-0.4, -0.2) is 38.1 Å². The molecule has 2 aromatic carbocycles. The molecule has 1 aliphatic heterocycles. The van der Waals surface area contributed by atoms with Crippen molar-refractivity contribution in [3.8, 4) is 11.5 Å². The maximum atomic E-state index is 12.9. The van der Waals surface area contributed by atoms with E-state index in [1.165, 1.54) is 32.2 Å². The molecule has 0 spiro atoms. The van der Waals surface area contributed by atoms with E-state index in [9.17, 15) is 14.4 Å². The standard InChI is InChI=1S/C21H19BrN2O6/c1-12(21(27)29-3)30-18-13(9-14(22)11-17(18)28-2)10-16-19(25)23-24(20(16)26)15-7-5-4-6-8-15/h4-12H,1-3H3,(H,23,25)/b16-10+/t12-/m0/s1. The van der Waals surface area contributed by atoms with E-state index in [-0.39, 0.29) is 11.3 Å². The second-order valence-corrected chi connectivity index (χ2v) is 7.20. The van der Waals surface area contributed by atoms with E-state index in [0.29, 0.717) is 21.5 Å². The number of halogens is 1. The van der Waals surface area contributed by atoms with E-state index in [0.717, 1.165) is 0 Å². The van der Waals surface area contributed by atoms with E-state index < -0.39 is 23.9 Å². The second-order valence-electron chi connectivity index (χ2n) is 6.28. The fourth-order valence-corrected chi connectivity index (χ4v) is 3.29. The Hall–Kier alpha value is -3.33. The summed E-state index contributed by atoms with van der Waals surface area (Å²) in [5.41, 5.74) is 3.36. The molecule has 0 aliphatic carbocycles. The molecule has 2 amide bonds. The number of benzene rings is 2. The van der Waals surface area contributed by atoms with Crippen LogP contribution in [0.25, 0.3) is 6.08 Å². The highest BCUT2D eigenvalue weighted by atomic mass is 79.9. The minimum atomic E-state index is -0.934. The molecule has 0 bridgehead atoms. The molecule has 1 saturated heterocycles. The van der Waals surface area contributed by atoms with Gasteiger partial charge >= 0.3 is 5.97 Å². The summed E-state index contributed by atoms with van der Waals surface area (Å²) in [5, 5.41) is 1.17. The van der Waals surface area contributed by atoms with Crippen LogP contribution in [0.2, 0.25) is 0 Å².